The van der Waals surface area contributed by atoms with Crippen LogP contribution in [0.1, 0.15) is 20.8 Å². The van der Waals surface area contributed by atoms with Crippen LogP contribution in [0.15, 0.2) is 24.5 Å². The molecule has 1 heterocycles. The average Bonchev–Trinajstić information content (AvgIpc) is 2.99. The molecule has 1 aromatic carbocycles. The number of anilines is 1. The van der Waals surface area contributed by atoms with Crippen molar-refractivity contribution in [2.24, 2.45) is 11.1 Å². The number of halogens is 1. The van der Waals surface area contributed by atoms with Gasteiger partial charge in [0.05, 0.1) is 13.2 Å². The molecule has 0 saturated heterocycles. The molecule has 0 aliphatic heterocycles. The van der Waals surface area contributed by atoms with Crippen molar-refractivity contribution < 1.29 is 9.53 Å². The maximum absolute atomic E-state index is 12.2. The molecule has 0 fully saturated rings. The Morgan fingerprint density at radius 2 is 2.09 bits per heavy atom. The fourth-order valence-electron chi connectivity index (χ4n) is 1.83. The van der Waals surface area contributed by atoms with Crippen LogP contribution in [-0.2, 0) is 4.79 Å². The second kappa shape index (κ2) is 7.38. The standard InChI is InChI=1S/C14H20N6O2.ClH/c1-14(2,3)12(15)13(21)17-9-5-6-11(22-4)10(7-9)20-8-16-18-19-20;/h5-8,12H,15H2,1-4H3,(H,17,21);1H/t12-;/m1./s1. The van der Waals surface area contributed by atoms with Gasteiger partial charge in [-0.15, -0.1) is 17.5 Å². The van der Waals surface area contributed by atoms with Crippen molar-refractivity contribution in [2.75, 3.05) is 12.4 Å². The zero-order valence-electron chi connectivity index (χ0n) is 13.5. The van der Waals surface area contributed by atoms with Crippen molar-refractivity contribution >= 4 is 24.0 Å². The molecule has 0 aliphatic carbocycles. The molecule has 1 atom stereocenters. The van der Waals surface area contributed by atoms with Crippen molar-refractivity contribution in [1.29, 1.82) is 0 Å². The summed E-state index contributed by atoms with van der Waals surface area (Å²) in [6, 6.07) is 4.57. The Balaban J connectivity index is 0.00000264. The Morgan fingerprint density at radius 1 is 1.39 bits per heavy atom. The van der Waals surface area contributed by atoms with Gasteiger partial charge in [-0.3, -0.25) is 4.79 Å². The highest BCUT2D eigenvalue weighted by atomic mass is 35.5. The van der Waals surface area contributed by atoms with Crippen LogP contribution in [0.2, 0.25) is 0 Å². The summed E-state index contributed by atoms with van der Waals surface area (Å²) in [5, 5.41) is 13.8. The molecule has 0 radical (unpaired) electrons. The molecular weight excluding hydrogens is 320 g/mol. The lowest BCUT2D eigenvalue weighted by Crippen LogP contribution is -2.45. The fraction of sp³-hybridized carbons (Fsp3) is 0.429. The van der Waals surface area contributed by atoms with Crippen LogP contribution < -0.4 is 15.8 Å². The Labute approximate surface area is 140 Å². The number of nitrogens with one attached hydrogen (secondary N) is 1. The number of rotatable bonds is 4. The first-order valence-electron chi connectivity index (χ1n) is 6.81. The molecule has 0 unspecified atom stereocenters. The summed E-state index contributed by atoms with van der Waals surface area (Å²) in [5.74, 6) is 0.339. The number of tetrazole rings is 1. The molecule has 0 spiro atoms. The van der Waals surface area contributed by atoms with E-state index in [4.69, 9.17) is 10.5 Å². The van der Waals surface area contributed by atoms with Gasteiger partial charge in [0.25, 0.3) is 0 Å². The van der Waals surface area contributed by atoms with E-state index in [0.717, 1.165) is 0 Å². The first-order chi connectivity index (χ1) is 10.3. The number of ether oxygens (including phenoxy) is 1. The van der Waals surface area contributed by atoms with Crippen molar-refractivity contribution in [3.05, 3.63) is 24.5 Å². The minimum absolute atomic E-state index is 0. The highest BCUT2D eigenvalue weighted by Crippen LogP contribution is 2.26. The summed E-state index contributed by atoms with van der Waals surface area (Å²) in [5.41, 5.74) is 6.85. The Kier molecular flexibility index (Phi) is 6.05. The van der Waals surface area contributed by atoms with Gasteiger partial charge in [-0.2, -0.15) is 4.68 Å². The van der Waals surface area contributed by atoms with E-state index in [1.54, 1.807) is 25.3 Å². The van der Waals surface area contributed by atoms with E-state index in [2.05, 4.69) is 20.8 Å². The van der Waals surface area contributed by atoms with E-state index in [1.807, 2.05) is 20.8 Å². The zero-order valence-corrected chi connectivity index (χ0v) is 14.3. The highest BCUT2D eigenvalue weighted by molar-refractivity contribution is 5.95. The third-order valence-electron chi connectivity index (χ3n) is 3.26. The minimum Gasteiger partial charge on any atom is -0.494 e. The van der Waals surface area contributed by atoms with Gasteiger partial charge in [0.1, 0.15) is 17.8 Å². The number of nitrogens with zero attached hydrogens (tertiary/aromatic N) is 4. The number of amides is 1. The molecule has 0 saturated carbocycles. The van der Waals surface area contributed by atoms with Gasteiger partial charge in [0.15, 0.2) is 0 Å². The first kappa shape index (κ1) is 18.9. The molecule has 9 heteroatoms. The zero-order chi connectivity index (χ0) is 16.3. The highest BCUT2D eigenvalue weighted by Gasteiger charge is 2.27. The Morgan fingerprint density at radius 3 is 2.61 bits per heavy atom. The predicted molar refractivity (Wildman–Crippen MR) is 89.0 cm³/mol. The molecule has 8 nitrogen and oxygen atoms in total. The minimum atomic E-state index is -0.619. The molecular formula is C14H21ClN6O2. The normalized spacial score (nSPS) is 12.2. The van der Waals surface area contributed by atoms with Gasteiger partial charge < -0.3 is 15.8 Å². The summed E-state index contributed by atoms with van der Waals surface area (Å²) in [6.45, 7) is 5.74. The largest absolute Gasteiger partial charge is 0.494 e. The fourth-order valence-corrected chi connectivity index (χ4v) is 1.83. The van der Waals surface area contributed by atoms with E-state index in [0.29, 0.717) is 17.1 Å². The SMILES string of the molecule is COc1ccc(NC(=O)[C@@H](N)C(C)(C)C)cc1-n1cnnn1.Cl. The monoisotopic (exact) mass is 340 g/mol. The Hall–Kier alpha value is -2.19. The third-order valence-corrected chi connectivity index (χ3v) is 3.26. The van der Waals surface area contributed by atoms with E-state index in [9.17, 15) is 4.79 Å². The molecule has 0 aliphatic rings. The summed E-state index contributed by atoms with van der Waals surface area (Å²) in [7, 11) is 1.55. The second-order valence-electron chi connectivity index (χ2n) is 5.97. The average molecular weight is 341 g/mol. The van der Waals surface area contributed by atoms with E-state index >= 15 is 0 Å². The predicted octanol–water partition coefficient (Wildman–Crippen LogP) is 1.40. The van der Waals surface area contributed by atoms with Gasteiger partial charge in [0, 0.05) is 5.69 Å². The third kappa shape index (κ3) is 4.40. The number of aromatic nitrogens is 4. The summed E-state index contributed by atoms with van der Waals surface area (Å²) in [4.78, 5) is 12.2. The van der Waals surface area contributed by atoms with Crippen LogP contribution in [0.4, 0.5) is 5.69 Å². The van der Waals surface area contributed by atoms with Crippen LogP contribution in [0.5, 0.6) is 5.75 Å². The van der Waals surface area contributed by atoms with Crippen LogP contribution in [0.3, 0.4) is 0 Å². The van der Waals surface area contributed by atoms with Crippen molar-refractivity contribution in [3.8, 4) is 11.4 Å². The quantitative estimate of drug-likeness (QED) is 0.871. The number of methoxy groups -OCH3 is 1. The number of hydrogen-bond acceptors (Lipinski definition) is 6. The molecule has 2 aromatic rings. The van der Waals surface area contributed by atoms with E-state index in [1.165, 1.54) is 11.0 Å². The van der Waals surface area contributed by atoms with Crippen molar-refractivity contribution in [2.45, 2.75) is 26.8 Å². The Bertz CT molecular complexity index is 654. The number of benzene rings is 1. The molecule has 126 valence electrons. The molecule has 1 amide bonds. The van der Waals surface area contributed by atoms with E-state index in [-0.39, 0.29) is 23.7 Å². The summed E-state index contributed by atoms with van der Waals surface area (Å²) < 4.78 is 6.73. The topological polar surface area (TPSA) is 108 Å². The van der Waals surface area contributed by atoms with Crippen molar-refractivity contribution in [1.82, 2.24) is 20.2 Å². The lowest BCUT2D eigenvalue weighted by Gasteiger charge is -2.25. The lowest BCUT2D eigenvalue weighted by molar-refractivity contribution is -0.119. The molecule has 2 rings (SSSR count). The summed E-state index contributed by atoms with van der Waals surface area (Å²) >= 11 is 0. The smallest absolute Gasteiger partial charge is 0.241 e. The maximum atomic E-state index is 12.2. The van der Waals surface area contributed by atoms with Gasteiger partial charge in [-0.25, -0.2) is 0 Å². The van der Waals surface area contributed by atoms with Gasteiger partial charge in [-0.05, 0) is 34.0 Å². The van der Waals surface area contributed by atoms with Gasteiger partial charge >= 0.3 is 0 Å². The van der Waals surface area contributed by atoms with Crippen LogP contribution in [0.25, 0.3) is 5.69 Å². The first-order valence-corrected chi connectivity index (χ1v) is 6.81. The van der Waals surface area contributed by atoms with Crippen molar-refractivity contribution in [3.63, 3.8) is 0 Å². The van der Waals surface area contributed by atoms with Crippen LogP contribution in [-0.4, -0.2) is 39.3 Å². The summed E-state index contributed by atoms with van der Waals surface area (Å²) in [6.07, 6.45) is 1.45. The molecule has 1 aromatic heterocycles. The number of nitrogens with two attached hydrogens (primary N) is 1. The number of carbonyl (C=O) groups is 1. The molecule has 23 heavy (non-hydrogen) atoms. The second-order valence-corrected chi connectivity index (χ2v) is 5.97. The van der Waals surface area contributed by atoms with Crippen LogP contribution in [0, 0.1) is 5.41 Å². The maximum Gasteiger partial charge on any atom is 0.241 e. The molecule has 0 bridgehead atoms. The number of hydrogen-bond donors (Lipinski definition) is 2. The number of carbonyl (C=O) groups excluding carboxylic acids is 1. The van der Waals surface area contributed by atoms with E-state index < -0.39 is 6.04 Å². The molecule has 3 N–H and O–H groups in total. The lowest BCUT2D eigenvalue weighted by atomic mass is 9.87. The van der Waals surface area contributed by atoms with Gasteiger partial charge in [-0.1, -0.05) is 20.8 Å². The van der Waals surface area contributed by atoms with Gasteiger partial charge in [0.2, 0.25) is 5.91 Å². The van der Waals surface area contributed by atoms with Crippen LogP contribution >= 0.6 is 12.4 Å².